The third kappa shape index (κ3) is 4.35. The molecule has 30 heavy (non-hydrogen) atoms. The molecule has 1 saturated heterocycles. The Morgan fingerprint density at radius 2 is 1.90 bits per heavy atom. The topological polar surface area (TPSA) is 41.0 Å². The minimum atomic E-state index is -0.159. The van der Waals surface area contributed by atoms with Crippen molar-refractivity contribution < 1.29 is 4.39 Å². The molecule has 1 unspecified atom stereocenters. The van der Waals surface area contributed by atoms with Gasteiger partial charge in [0.25, 0.3) is 0 Å². The Morgan fingerprint density at radius 3 is 2.80 bits per heavy atom. The van der Waals surface area contributed by atoms with E-state index in [1.54, 1.807) is 18.5 Å². The number of likely N-dealkylation sites (tertiary alicyclic amines) is 1. The fourth-order valence-electron chi connectivity index (χ4n) is 4.86. The summed E-state index contributed by atoms with van der Waals surface area (Å²) in [7, 11) is 0. The van der Waals surface area contributed by atoms with Gasteiger partial charge in [0.15, 0.2) is 0 Å². The molecule has 158 valence electrons. The number of aryl methyl sites for hydroxylation is 2. The van der Waals surface area contributed by atoms with Crippen LogP contribution in [0.5, 0.6) is 0 Å². The Bertz CT molecular complexity index is 1000. The summed E-state index contributed by atoms with van der Waals surface area (Å²) in [4.78, 5) is 14.4. The molecule has 3 aromatic rings. The normalized spacial score (nSPS) is 20.1. The zero-order valence-corrected chi connectivity index (χ0v) is 18.2. The number of aromatic nitrogens is 2. The lowest BCUT2D eigenvalue weighted by Gasteiger charge is -2.21. The maximum atomic E-state index is 13.1. The number of anilines is 1. The Morgan fingerprint density at radius 1 is 1.03 bits per heavy atom. The van der Waals surface area contributed by atoms with E-state index in [0.29, 0.717) is 6.04 Å². The van der Waals surface area contributed by atoms with E-state index in [4.69, 9.17) is 0 Å². The summed E-state index contributed by atoms with van der Waals surface area (Å²) in [6, 6.07) is 7.38. The largest absolute Gasteiger partial charge is 0.367 e. The molecule has 0 radical (unpaired) electrons. The van der Waals surface area contributed by atoms with Crippen molar-refractivity contribution in [2.75, 3.05) is 25.0 Å². The number of thiophene rings is 1. The van der Waals surface area contributed by atoms with Gasteiger partial charge in [0, 0.05) is 24.0 Å². The Balaban J connectivity index is 1.22. The first kappa shape index (κ1) is 19.9. The van der Waals surface area contributed by atoms with Gasteiger partial charge in [-0.1, -0.05) is 12.1 Å². The molecule has 1 aliphatic heterocycles. The molecule has 1 fully saturated rings. The number of halogens is 1. The maximum Gasteiger partial charge on any atom is 0.138 e. The SMILES string of the molecule is Fc1ccc(CCN2CCCC(Nc3ncnc4sc5c(c34)CCCC5)CC2)cc1. The first-order valence-electron chi connectivity index (χ1n) is 11.2. The number of rotatable bonds is 5. The van der Waals surface area contributed by atoms with E-state index in [-0.39, 0.29) is 5.82 Å². The van der Waals surface area contributed by atoms with Crippen LogP contribution in [0.4, 0.5) is 10.2 Å². The Kier molecular flexibility index (Phi) is 5.95. The molecule has 2 aliphatic rings. The Labute approximate surface area is 181 Å². The average molecular weight is 425 g/mol. The second-order valence-electron chi connectivity index (χ2n) is 8.60. The molecule has 0 saturated carbocycles. The van der Waals surface area contributed by atoms with E-state index >= 15 is 0 Å². The van der Waals surface area contributed by atoms with E-state index < -0.39 is 0 Å². The van der Waals surface area contributed by atoms with Gasteiger partial charge in [-0.05, 0) is 81.2 Å². The predicted octanol–water partition coefficient (Wildman–Crippen LogP) is 5.22. The van der Waals surface area contributed by atoms with Crippen LogP contribution < -0.4 is 5.32 Å². The van der Waals surface area contributed by atoms with Gasteiger partial charge in [0.05, 0.1) is 5.39 Å². The number of nitrogens with one attached hydrogen (secondary N) is 1. The lowest BCUT2D eigenvalue weighted by molar-refractivity contribution is 0.288. The molecule has 1 aliphatic carbocycles. The fraction of sp³-hybridized carbons (Fsp3) is 0.500. The number of nitrogens with zero attached hydrogens (tertiary/aromatic N) is 3. The quantitative estimate of drug-likeness (QED) is 0.610. The van der Waals surface area contributed by atoms with Crippen LogP contribution in [0.25, 0.3) is 10.2 Å². The van der Waals surface area contributed by atoms with Crippen molar-refractivity contribution in [3.05, 3.63) is 52.4 Å². The van der Waals surface area contributed by atoms with Gasteiger partial charge in [-0.15, -0.1) is 11.3 Å². The van der Waals surface area contributed by atoms with Gasteiger partial charge in [-0.3, -0.25) is 0 Å². The van der Waals surface area contributed by atoms with Gasteiger partial charge < -0.3 is 10.2 Å². The van der Waals surface area contributed by atoms with Gasteiger partial charge in [-0.2, -0.15) is 0 Å². The number of hydrogen-bond acceptors (Lipinski definition) is 5. The highest BCUT2D eigenvalue weighted by Gasteiger charge is 2.22. The van der Waals surface area contributed by atoms with Crippen LogP contribution in [0.15, 0.2) is 30.6 Å². The van der Waals surface area contributed by atoms with Crippen molar-refractivity contribution in [1.29, 1.82) is 0 Å². The highest BCUT2D eigenvalue weighted by atomic mass is 32.1. The molecule has 1 atom stereocenters. The minimum absolute atomic E-state index is 0.159. The van der Waals surface area contributed by atoms with Crippen LogP contribution in [0.3, 0.4) is 0 Å². The van der Waals surface area contributed by atoms with Crippen LogP contribution in [-0.2, 0) is 19.3 Å². The maximum absolute atomic E-state index is 13.1. The van der Waals surface area contributed by atoms with Gasteiger partial charge >= 0.3 is 0 Å². The smallest absolute Gasteiger partial charge is 0.138 e. The second-order valence-corrected chi connectivity index (χ2v) is 9.69. The zero-order chi connectivity index (χ0) is 20.3. The summed E-state index contributed by atoms with van der Waals surface area (Å²) < 4.78 is 13.1. The summed E-state index contributed by atoms with van der Waals surface area (Å²) in [5.41, 5.74) is 2.71. The molecular formula is C24H29FN4S. The Hall–Kier alpha value is -2.05. The van der Waals surface area contributed by atoms with E-state index in [1.807, 2.05) is 23.5 Å². The van der Waals surface area contributed by atoms with E-state index in [0.717, 1.165) is 43.1 Å². The molecule has 0 bridgehead atoms. The molecule has 0 spiro atoms. The monoisotopic (exact) mass is 424 g/mol. The van der Waals surface area contributed by atoms with Crippen LogP contribution in [0.1, 0.15) is 48.1 Å². The van der Waals surface area contributed by atoms with Gasteiger partial charge in [0.2, 0.25) is 0 Å². The standard InChI is InChI=1S/C24H29FN4S/c25-18-9-7-17(8-10-18)11-14-29-13-3-4-19(12-15-29)28-23-22-20-5-1-2-6-21(20)30-24(22)27-16-26-23/h7-10,16,19H,1-6,11-15H2,(H,26,27,28). The number of hydrogen-bond donors (Lipinski definition) is 1. The number of benzene rings is 1. The fourth-order valence-corrected chi connectivity index (χ4v) is 6.08. The van der Waals surface area contributed by atoms with Crippen molar-refractivity contribution in [2.24, 2.45) is 0 Å². The third-order valence-electron chi connectivity index (χ3n) is 6.54. The minimum Gasteiger partial charge on any atom is -0.367 e. The zero-order valence-electron chi connectivity index (χ0n) is 17.4. The van der Waals surface area contributed by atoms with Crippen molar-refractivity contribution in [3.63, 3.8) is 0 Å². The van der Waals surface area contributed by atoms with E-state index in [9.17, 15) is 4.39 Å². The number of fused-ring (bicyclic) bond motifs is 3. The predicted molar refractivity (Wildman–Crippen MR) is 122 cm³/mol. The van der Waals surface area contributed by atoms with Crippen LogP contribution in [0.2, 0.25) is 0 Å². The molecule has 1 N–H and O–H groups in total. The molecule has 0 amide bonds. The van der Waals surface area contributed by atoms with Crippen LogP contribution in [0, 0.1) is 5.82 Å². The molecule has 4 nitrogen and oxygen atoms in total. The summed E-state index contributed by atoms with van der Waals surface area (Å²) in [6.07, 6.45) is 11.1. The average Bonchev–Trinajstić information content (AvgIpc) is 3.01. The first-order chi connectivity index (χ1) is 14.8. The summed E-state index contributed by atoms with van der Waals surface area (Å²) in [5.74, 6) is 0.886. The molecular weight excluding hydrogens is 395 g/mol. The van der Waals surface area contributed by atoms with Crippen molar-refractivity contribution in [3.8, 4) is 0 Å². The lowest BCUT2D eigenvalue weighted by atomic mass is 9.97. The first-order valence-corrected chi connectivity index (χ1v) is 12.1. The van der Waals surface area contributed by atoms with Gasteiger partial charge in [-0.25, -0.2) is 14.4 Å². The van der Waals surface area contributed by atoms with E-state index in [2.05, 4.69) is 20.2 Å². The summed E-state index contributed by atoms with van der Waals surface area (Å²) >= 11 is 1.86. The van der Waals surface area contributed by atoms with Gasteiger partial charge in [0.1, 0.15) is 22.8 Å². The van der Waals surface area contributed by atoms with Crippen LogP contribution >= 0.6 is 11.3 Å². The molecule has 6 heteroatoms. The lowest BCUT2D eigenvalue weighted by Crippen LogP contribution is -2.28. The summed E-state index contributed by atoms with van der Waals surface area (Å²) in [5, 5.41) is 5.07. The molecule has 3 heterocycles. The highest BCUT2D eigenvalue weighted by Crippen LogP contribution is 2.38. The highest BCUT2D eigenvalue weighted by molar-refractivity contribution is 7.19. The van der Waals surface area contributed by atoms with E-state index in [1.165, 1.54) is 59.9 Å². The third-order valence-corrected chi connectivity index (χ3v) is 7.74. The molecule has 1 aromatic carbocycles. The molecule has 5 rings (SSSR count). The van der Waals surface area contributed by atoms with Crippen molar-refractivity contribution in [2.45, 2.75) is 57.4 Å². The molecule has 2 aromatic heterocycles. The summed E-state index contributed by atoms with van der Waals surface area (Å²) in [6.45, 7) is 3.26. The second kappa shape index (κ2) is 8.98. The van der Waals surface area contributed by atoms with Crippen molar-refractivity contribution >= 4 is 27.4 Å². The van der Waals surface area contributed by atoms with Crippen molar-refractivity contribution in [1.82, 2.24) is 14.9 Å². The van der Waals surface area contributed by atoms with Crippen LogP contribution in [-0.4, -0.2) is 40.5 Å².